The third kappa shape index (κ3) is 3.21. The second-order valence-electron chi connectivity index (χ2n) is 5.27. The van der Waals surface area contributed by atoms with Crippen LogP contribution in [0.25, 0.3) is 0 Å². The average Bonchev–Trinajstić information content (AvgIpc) is 2.47. The van der Waals surface area contributed by atoms with E-state index in [1.165, 1.54) is 0 Å². The van der Waals surface area contributed by atoms with E-state index in [9.17, 15) is 4.79 Å². The van der Waals surface area contributed by atoms with E-state index in [4.69, 9.17) is 9.47 Å². The fourth-order valence-electron chi connectivity index (χ4n) is 2.49. The van der Waals surface area contributed by atoms with Crippen LogP contribution in [-0.4, -0.2) is 12.6 Å². The van der Waals surface area contributed by atoms with Gasteiger partial charge in [-0.2, -0.15) is 0 Å². The number of allylic oxidation sites excluding steroid dienone is 1. The maximum absolute atomic E-state index is 12.0. The number of benzene rings is 1. The first-order valence-electron chi connectivity index (χ1n) is 7.25. The summed E-state index contributed by atoms with van der Waals surface area (Å²) in [5, 5.41) is 0. The summed E-state index contributed by atoms with van der Waals surface area (Å²) in [4.78, 5) is 12.0. The molecule has 108 valence electrons. The number of rotatable bonds is 4. The van der Waals surface area contributed by atoms with E-state index in [-0.39, 0.29) is 18.0 Å². The summed E-state index contributed by atoms with van der Waals surface area (Å²) in [6, 6.07) is 10.2. The van der Waals surface area contributed by atoms with Crippen LogP contribution in [0.5, 0.6) is 0 Å². The lowest BCUT2D eigenvalue weighted by Gasteiger charge is -2.30. The SMILES string of the molecule is CCOC(=O)C1=C(C(C)C)OC(c2ccccc2)CC1. The number of esters is 1. The lowest BCUT2D eigenvalue weighted by Crippen LogP contribution is -2.21. The van der Waals surface area contributed by atoms with Crippen molar-refractivity contribution in [1.29, 1.82) is 0 Å². The number of carbonyl (C=O) groups is 1. The molecule has 0 saturated carbocycles. The molecule has 0 radical (unpaired) electrons. The van der Waals surface area contributed by atoms with Crippen LogP contribution in [0.15, 0.2) is 41.7 Å². The number of hydrogen-bond acceptors (Lipinski definition) is 3. The molecule has 0 fully saturated rings. The molecule has 0 aliphatic carbocycles. The normalized spacial score (nSPS) is 18.9. The first-order valence-corrected chi connectivity index (χ1v) is 7.25. The molecule has 1 unspecified atom stereocenters. The number of ether oxygens (including phenoxy) is 2. The van der Waals surface area contributed by atoms with Crippen LogP contribution in [0.2, 0.25) is 0 Å². The van der Waals surface area contributed by atoms with Crippen molar-refractivity contribution < 1.29 is 14.3 Å². The van der Waals surface area contributed by atoms with E-state index in [0.29, 0.717) is 18.6 Å². The summed E-state index contributed by atoms with van der Waals surface area (Å²) in [6.07, 6.45) is 1.56. The molecule has 0 N–H and O–H groups in total. The van der Waals surface area contributed by atoms with Crippen LogP contribution >= 0.6 is 0 Å². The topological polar surface area (TPSA) is 35.5 Å². The minimum atomic E-state index is -0.234. The lowest BCUT2D eigenvalue weighted by atomic mass is 9.94. The Labute approximate surface area is 120 Å². The molecular formula is C17H22O3. The third-order valence-corrected chi connectivity index (χ3v) is 3.44. The molecular weight excluding hydrogens is 252 g/mol. The Morgan fingerprint density at radius 2 is 2.05 bits per heavy atom. The summed E-state index contributed by atoms with van der Waals surface area (Å²) in [7, 11) is 0. The van der Waals surface area contributed by atoms with Gasteiger partial charge in [0, 0.05) is 5.92 Å². The maximum Gasteiger partial charge on any atom is 0.337 e. The summed E-state index contributed by atoms with van der Waals surface area (Å²) in [6.45, 7) is 6.31. The zero-order chi connectivity index (χ0) is 14.5. The molecule has 3 nitrogen and oxygen atoms in total. The van der Waals surface area contributed by atoms with E-state index < -0.39 is 0 Å². The van der Waals surface area contributed by atoms with Gasteiger partial charge in [-0.1, -0.05) is 44.2 Å². The highest BCUT2D eigenvalue weighted by atomic mass is 16.5. The van der Waals surface area contributed by atoms with Gasteiger partial charge in [-0.05, 0) is 25.3 Å². The third-order valence-electron chi connectivity index (χ3n) is 3.44. The van der Waals surface area contributed by atoms with E-state index in [2.05, 4.69) is 12.1 Å². The molecule has 1 aromatic carbocycles. The molecule has 2 rings (SSSR count). The highest BCUT2D eigenvalue weighted by Gasteiger charge is 2.29. The van der Waals surface area contributed by atoms with Crippen molar-refractivity contribution in [2.75, 3.05) is 6.61 Å². The summed E-state index contributed by atoms with van der Waals surface area (Å²) >= 11 is 0. The van der Waals surface area contributed by atoms with E-state index in [0.717, 1.165) is 17.7 Å². The van der Waals surface area contributed by atoms with Crippen LogP contribution in [0.3, 0.4) is 0 Å². The van der Waals surface area contributed by atoms with E-state index >= 15 is 0 Å². The quantitative estimate of drug-likeness (QED) is 0.778. The van der Waals surface area contributed by atoms with Crippen LogP contribution in [0.4, 0.5) is 0 Å². The second kappa shape index (κ2) is 6.60. The van der Waals surface area contributed by atoms with Crippen molar-refractivity contribution >= 4 is 5.97 Å². The molecule has 0 spiro atoms. The molecule has 1 aromatic rings. The van der Waals surface area contributed by atoms with Crippen LogP contribution in [0.1, 0.15) is 45.3 Å². The lowest BCUT2D eigenvalue weighted by molar-refractivity contribution is -0.139. The first kappa shape index (κ1) is 14.6. The molecule has 0 amide bonds. The first-order chi connectivity index (χ1) is 9.63. The van der Waals surface area contributed by atoms with E-state index in [1.54, 1.807) is 0 Å². The summed E-state index contributed by atoms with van der Waals surface area (Å²) < 4.78 is 11.2. The fourth-order valence-corrected chi connectivity index (χ4v) is 2.49. The monoisotopic (exact) mass is 274 g/mol. The molecule has 1 aliphatic heterocycles. The van der Waals surface area contributed by atoms with Crippen LogP contribution in [-0.2, 0) is 14.3 Å². The van der Waals surface area contributed by atoms with Crippen LogP contribution < -0.4 is 0 Å². The molecule has 0 bridgehead atoms. The van der Waals surface area contributed by atoms with Crippen molar-refractivity contribution in [2.24, 2.45) is 5.92 Å². The molecule has 20 heavy (non-hydrogen) atoms. The molecule has 1 heterocycles. The minimum absolute atomic E-state index is 0.0341. The Morgan fingerprint density at radius 3 is 2.65 bits per heavy atom. The van der Waals surface area contributed by atoms with Crippen molar-refractivity contribution in [3.8, 4) is 0 Å². The van der Waals surface area contributed by atoms with Crippen LogP contribution in [0, 0.1) is 5.92 Å². The largest absolute Gasteiger partial charge is 0.489 e. The predicted molar refractivity (Wildman–Crippen MR) is 78.0 cm³/mol. The van der Waals surface area contributed by atoms with Gasteiger partial charge < -0.3 is 9.47 Å². The smallest absolute Gasteiger partial charge is 0.337 e. The van der Waals surface area contributed by atoms with Gasteiger partial charge in [0.05, 0.1) is 12.2 Å². The minimum Gasteiger partial charge on any atom is -0.489 e. The fraction of sp³-hybridized carbons (Fsp3) is 0.471. The Balaban J connectivity index is 2.23. The van der Waals surface area contributed by atoms with Gasteiger partial charge in [0.25, 0.3) is 0 Å². The van der Waals surface area contributed by atoms with Gasteiger partial charge in [-0.25, -0.2) is 4.79 Å². The van der Waals surface area contributed by atoms with Crippen molar-refractivity contribution in [2.45, 2.75) is 39.7 Å². The average molecular weight is 274 g/mol. The Hall–Kier alpha value is -1.77. The number of hydrogen-bond donors (Lipinski definition) is 0. The number of carbonyl (C=O) groups excluding carboxylic acids is 1. The highest BCUT2D eigenvalue weighted by Crippen LogP contribution is 2.37. The predicted octanol–water partition coefficient (Wildman–Crippen LogP) is 4.01. The van der Waals surface area contributed by atoms with Crippen molar-refractivity contribution in [3.05, 3.63) is 47.2 Å². The standard InChI is InChI=1S/C17H22O3/c1-4-19-17(18)14-10-11-15(20-16(14)12(2)3)13-8-6-5-7-9-13/h5-9,12,15H,4,10-11H2,1-3H3. The highest BCUT2D eigenvalue weighted by molar-refractivity contribution is 5.89. The van der Waals surface area contributed by atoms with Gasteiger partial charge in [0.2, 0.25) is 0 Å². The Morgan fingerprint density at radius 1 is 1.35 bits per heavy atom. The zero-order valence-electron chi connectivity index (χ0n) is 12.4. The molecule has 3 heteroatoms. The van der Waals surface area contributed by atoms with Gasteiger partial charge in [0.1, 0.15) is 11.9 Å². The Kier molecular flexibility index (Phi) is 4.83. The molecule has 0 saturated heterocycles. The van der Waals surface area contributed by atoms with Crippen molar-refractivity contribution in [3.63, 3.8) is 0 Å². The second-order valence-corrected chi connectivity index (χ2v) is 5.27. The maximum atomic E-state index is 12.0. The molecule has 1 atom stereocenters. The summed E-state index contributed by atoms with van der Waals surface area (Å²) in [5.74, 6) is 0.729. The molecule has 1 aliphatic rings. The van der Waals surface area contributed by atoms with Gasteiger partial charge in [-0.15, -0.1) is 0 Å². The van der Waals surface area contributed by atoms with E-state index in [1.807, 2.05) is 39.0 Å². The van der Waals surface area contributed by atoms with Crippen molar-refractivity contribution in [1.82, 2.24) is 0 Å². The van der Waals surface area contributed by atoms with Gasteiger partial charge in [-0.3, -0.25) is 0 Å². The zero-order valence-corrected chi connectivity index (χ0v) is 12.4. The van der Waals surface area contributed by atoms with Gasteiger partial charge >= 0.3 is 5.97 Å². The Bertz CT molecular complexity index is 488. The van der Waals surface area contributed by atoms with Gasteiger partial charge in [0.15, 0.2) is 0 Å². The molecule has 0 aromatic heterocycles. The summed E-state index contributed by atoms with van der Waals surface area (Å²) in [5.41, 5.74) is 1.86.